The standard InChI is InChI=1S/C19H17F3N6O2S.C15H15BrN4O2S/c1-3-11-4-5-12-7-25-27(2)17(12)16(11)15-6-14(9-24-18(15)31(23,29)30)28-10-13(8-26-28)19(20,21)22;1-3-10-4-5-11-8-18-20(2)15(11)14(10)19-23(21,22)13-7-6-12(16)9-17-13/h4-10H,3H2,1-2H3,(H2,23,29,30);4-9,19H,3H2,1-2H3. The van der Waals surface area contributed by atoms with Crippen LogP contribution in [-0.4, -0.2) is 56.1 Å². The van der Waals surface area contributed by atoms with E-state index in [1.165, 1.54) is 18.3 Å². The minimum absolute atomic E-state index is 0.0260. The number of nitrogens with zero attached hydrogens (tertiary/aromatic N) is 8. The summed E-state index contributed by atoms with van der Waals surface area (Å²) in [5, 5.41) is 18.8. The van der Waals surface area contributed by atoms with Gasteiger partial charge in [-0.2, -0.15) is 36.9 Å². The summed E-state index contributed by atoms with van der Waals surface area (Å²) in [6.07, 6.45) is 4.11. The third-order valence-electron chi connectivity index (χ3n) is 8.50. The van der Waals surface area contributed by atoms with Crippen LogP contribution in [0.5, 0.6) is 0 Å². The second-order valence-corrected chi connectivity index (χ2v) is 16.0. The largest absolute Gasteiger partial charge is 0.419 e. The molecule has 5 heterocycles. The fraction of sp³-hybridized carbons (Fsp3) is 0.206. The van der Waals surface area contributed by atoms with Gasteiger partial charge in [0.05, 0.1) is 52.8 Å². The number of aromatic nitrogens is 8. The van der Waals surface area contributed by atoms with E-state index < -0.39 is 31.8 Å². The van der Waals surface area contributed by atoms with Gasteiger partial charge in [-0.25, -0.2) is 28.2 Å². The van der Waals surface area contributed by atoms with Gasteiger partial charge < -0.3 is 0 Å². The Morgan fingerprint density at radius 1 is 0.796 bits per heavy atom. The number of benzene rings is 2. The Labute approximate surface area is 316 Å². The predicted molar refractivity (Wildman–Crippen MR) is 200 cm³/mol. The van der Waals surface area contributed by atoms with Crippen LogP contribution >= 0.6 is 15.9 Å². The van der Waals surface area contributed by atoms with E-state index in [-0.39, 0.29) is 21.3 Å². The highest BCUT2D eigenvalue weighted by Crippen LogP contribution is 2.37. The molecule has 0 saturated heterocycles. The third kappa shape index (κ3) is 7.59. The quantitative estimate of drug-likeness (QED) is 0.181. The van der Waals surface area contributed by atoms with Gasteiger partial charge in [-0.15, -0.1) is 0 Å². The minimum Gasteiger partial charge on any atom is -0.276 e. The molecule has 0 unspecified atom stereocenters. The topological polar surface area (TPSA) is 186 Å². The van der Waals surface area contributed by atoms with Gasteiger partial charge in [0.2, 0.25) is 0 Å². The Kier molecular flexibility index (Phi) is 10.4. The van der Waals surface area contributed by atoms with E-state index in [0.717, 1.165) is 49.0 Å². The zero-order chi connectivity index (χ0) is 39.2. The molecule has 0 aliphatic heterocycles. The van der Waals surface area contributed by atoms with E-state index >= 15 is 0 Å². The van der Waals surface area contributed by atoms with Crippen LogP contribution in [0.1, 0.15) is 30.5 Å². The Bertz CT molecular complexity index is 2750. The van der Waals surface area contributed by atoms with E-state index in [9.17, 15) is 30.0 Å². The van der Waals surface area contributed by atoms with Crippen LogP contribution in [0.3, 0.4) is 0 Å². The number of anilines is 1. The molecule has 0 aliphatic carbocycles. The van der Waals surface area contributed by atoms with E-state index in [1.54, 1.807) is 41.9 Å². The second-order valence-electron chi connectivity index (χ2n) is 12.0. The smallest absolute Gasteiger partial charge is 0.276 e. The van der Waals surface area contributed by atoms with Gasteiger partial charge in [0.25, 0.3) is 20.0 Å². The maximum absolute atomic E-state index is 13.0. The Morgan fingerprint density at radius 2 is 1.43 bits per heavy atom. The van der Waals surface area contributed by atoms with Crippen molar-refractivity contribution in [3.8, 4) is 16.8 Å². The first-order valence-corrected chi connectivity index (χ1v) is 19.9. The molecule has 3 N–H and O–H groups in total. The fourth-order valence-electron chi connectivity index (χ4n) is 5.91. The molecule has 14 nitrogen and oxygen atoms in total. The number of hydrogen-bond donors (Lipinski definition) is 2. The first kappa shape index (κ1) is 38.5. The molecular weight excluding hydrogens is 813 g/mol. The van der Waals surface area contributed by atoms with Crippen molar-refractivity contribution in [3.63, 3.8) is 0 Å². The van der Waals surface area contributed by atoms with Crippen LogP contribution in [0.15, 0.2) is 94.2 Å². The number of alkyl halides is 3. The van der Waals surface area contributed by atoms with Gasteiger partial charge in [-0.1, -0.05) is 38.1 Å². The molecule has 7 rings (SSSR count). The summed E-state index contributed by atoms with van der Waals surface area (Å²) >= 11 is 3.25. The van der Waals surface area contributed by atoms with Crippen LogP contribution in [0.2, 0.25) is 0 Å². The lowest BCUT2D eigenvalue weighted by Gasteiger charge is -2.15. The first-order chi connectivity index (χ1) is 25.4. The molecule has 0 radical (unpaired) electrons. The van der Waals surface area contributed by atoms with Crippen molar-refractivity contribution < 1.29 is 30.0 Å². The van der Waals surface area contributed by atoms with E-state index in [4.69, 9.17) is 5.14 Å². The molecular formula is C34H32BrF3N10O4S2. The number of primary sulfonamides is 1. The second kappa shape index (κ2) is 14.6. The van der Waals surface area contributed by atoms with Gasteiger partial charge in [-0.3, -0.25) is 14.1 Å². The molecule has 20 heteroatoms. The van der Waals surface area contributed by atoms with Crippen LogP contribution in [0.25, 0.3) is 38.6 Å². The summed E-state index contributed by atoms with van der Waals surface area (Å²) in [6, 6.07) is 12.1. The Balaban J connectivity index is 0.000000193. The van der Waals surface area contributed by atoms with E-state index in [2.05, 4.69) is 45.9 Å². The predicted octanol–water partition coefficient (Wildman–Crippen LogP) is 6.14. The number of fused-ring (bicyclic) bond motifs is 2. The van der Waals surface area contributed by atoms with Crippen LogP contribution in [0.4, 0.5) is 18.9 Å². The van der Waals surface area contributed by atoms with E-state index in [1.807, 2.05) is 38.1 Å². The normalized spacial score (nSPS) is 12.2. The highest BCUT2D eigenvalue weighted by molar-refractivity contribution is 9.10. The molecule has 0 spiro atoms. The monoisotopic (exact) mass is 844 g/mol. The van der Waals surface area contributed by atoms with Crippen molar-refractivity contribution in [1.29, 1.82) is 0 Å². The number of nitrogens with one attached hydrogen (secondary N) is 1. The van der Waals surface area contributed by atoms with Gasteiger partial charge in [0, 0.05) is 52.9 Å². The average molecular weight is 846 g/mol. The van der Waals surface area contributed by atoms with Crippen molar-refractivity contribution >= 4 is 63.5 Å². The molecule has 0 amide bonds. The van der Waals surface area contributed by atoms with Gasteiger partial charge in [0.1, 0.15) is 0 Å². The lowest BCUT2D eigenvalue weighted by Crippen LogP contribution is -2.16. The summed E-state index contributed by atoms with van der Waals surface area (Å²) in [5.74, 6) is 0. The molecule has 282 valence electrons. The SMILES string of the molecule is CCc1ccc2cnn(C)c2c1-c1cc(-n2cc(C(F)(F)F)cn2)cnc1S(N)(=O)=O.CCc1ccc2cnn(C)c2c1NS(=O)(=O)c1ccc(Br)cn1. The molecule has 2 aromatic carbocycles. The zero-order valence-electron chi connectivity index (χ0n) is 29.0. The Morgan fingerprint density at radius 3 is 2.00 bits per heavy atom. The van der Waals surface area contributed by atoms with E-state index in [0.29, 0.717) is 35.8 Å². The van der Waals surface area contributed by atoms with Crippen LogP contribution in [-0.2, 0) is 53.2 Å². The number of hydrogen-bond acceptors (Lipinski definition) is 9. The fourth-order valence-corrected chi connectivity index (χ4v) is 7.85. The van der Waals surface area contributed by atoms with Gasteiger partial charge >= 0.3 is 6.18 Å². The number of nitrogens with two attached hydrogens (primary N) is 1. The zero-order valence-corrected chi connectivity index (χ0v) is 32.3. The number of aryl methyl sites for hydroxylation is 4. The molecule has 0 bridgehead atoms. The number of pyridine rings is 2. The van der Waals surface area contributed by atoms with Crippen molar-refractivity contribution in [2.24, 2.45) is 19.2 Å². The van der Waals surface area contributed by atoms with Crippen molar-refractivity contribution in [2.75, 3.05) is 4.72 Å². The van der Waals surface area contributed by atoms with Gasteiger partial charge in [0.15, 0.2) is 10.1 Å². The van der Waals surface area contributed by atoms with Gasteiger partial charge in [-0.05, 0) is 58.1 Å². The molecule has 0 fully saturated rings. The summed E-state index contributed by atoms with van der Waals surface area (Å²) < 4.78 is 96.5. The maximum atomic E-state index is 13.0. The van der Waals surface area contributed by atoms with Crippen LogP contribution < -0.4 is 9.86 Å². The summed E-state index contributed by atoms with van der Waals surface area (Å²) in [4.78, 5) is 7.96. The average Bonchev–Trinajstić information content (AvgIpc) is 3.87. The first-order valence-electron chi connectivity index (χ1n) is 16.1. The van der Waals surface area contributed by atoms with Crippen molar-refractivity contribution in [3.05, 3.63) is 101 Å². The Hall–Kier alpha value is -5.18. The van der Waals surface area contributed by atoms with Crippen molar-refractivity contribution in [1.82, 2.24) is 39.3 Å². The highest BCUT2D eigenvalue weighted by atomic mass is 79.9. The molecule has 0 atom stereocenters. The number of sulfonamides is 2. The maximum Gasteiger partial charge on any atom is 0.419 e. The summed E-state index contributed by atoms with van der Waals surface area (Å²) in [5.41, 5.74) is 3.58. The van der Waals surface area contributed by atoms with Crippen molar-refractivity contribution in [2.45, 2.75) is 42.9 Å². The molecule has 7 aromatic rings. The number of rotatable bonds is 8. The lowest BCUT2D eigenvalue weighted by molar-refractivity contribution is -0.137. The number of halogens is 4. The molecule has 0 aliphatic rings. The molecule has 0 saturated carbocycles. The molecule has 54 heavy (non-hydrogen) atoms. The van der Waals surface area contributed by atoms with Crippen LogP contribution in [0, 0.1) is 0 Å². The summed E-state index contributed by atoms with van der Waals surface area (Å²) in [7, 11) is -4.51. The minimum atomic E-state index is -4.56. The highest BCUT2D eigenvalue weighted by Gasteiger charge is 2.32. The third-order valence-corrected chi connectivity index (χ3v) is 11.1. The lowest BCUT2D eigenvalue weighted by atomic mass is 9.96. The summed E-state index contributed by atoms with van der Waals surface area (Å²) in [6.45, 7) is 3.88. The molecule has 5 aromatic heterocycles.